The molecular formula is C15H16ClN3OS. The standard InChI is InChI=1S/C15H16ClN3OS/c1-10(20-3)15-18-12(9-21-15)8-19(2)14-11(7-17)5-4-6-13(14)16/h4-6,9-10H,8H2,1-3H3. The molecule has 0 amide bonds. The molecule has 1 unspecified atom stereocenters. The van der Waals surface area contributed by atoms with E-state index in [-0.39, 0.29) is 6.10 Å². The highest BCUT2D eigenvalue weighted by Gasteiger charge is 2.15. The highest BCUT2D eigenvalue weighted by Crippen LogP contribution is 2.30. The number of benzene rings is 1. The molecular weight excluding hydrogens is 306 g/mol. The summed E-state index contributed by atoms with van der Waals surface area (Å²) in [4.78, 5) is 6.50. The quantitative estimate of drug-likeness (QED) is 0.834. The normalized spacial score (nSPS) is 12.0. The smallest absolute Gasteiger partial charge is 0.122 e. The second-order valence-corrected chi connectivity index (χ2v) is 5.96. The van der Waals surface area contributed by atoms with Gasteiger partial charge in [-0.15, -0.1) is 11.3 Å². The molecule has 2 aromatic rings. The minimum Gasteiger partial charge on any atom is -0.375 e. The van der Waals surface area contributed by atoms with Crippen LogP contribution in [0.4, 0.5) is 5.69 Å². The van der Waals surface area contributed by atoms with Crippen molar-refractivity contribution in [3.8, 4) is 6.07 Å². The van der Waals surface area contributed by atoms with E-state index in [1.807, 2.05) is 24.3 Å². The van der Waals surface area contributed by atoms with E-state index in [1.165, 1.54) is 0 Å². The molecule has 4 nitrogen and oxygen atoms in total. The van der Waals surface area contributed by atoms with Gasteiger partial charge in [0.25, 0.3) is 0 Å². The number of aromatic nitrogens is 1. The van der Waals surface area contributed by atoms with Crippen molar-refractivity contribution in [2.75, 3.05) is 19.1 Å². The highest BCUT2D eigenvalue weighted by atomic mass is 35.5. The van der Waals surface area contributed by atoms with E-state index < -0.39 is 0 Å². The maximum absolute atomic E-state index is 9.20. The lowest BCUT2D eigenvalue weighted by atomic mass is 10.2. The van der Waals surface area contributed by atoms with Gasteiger partial charge in [-0.3, -0.25) is 0 Å². The minimum absolute atomic E-state index is 0.0101. The van der Waals surface area contributed by atoms with E-state index in [4.69, 9.17) is 16.3 Å². The Morgan fingerprint density at radius 2 is 2.29 bits per heavy atom. The van der Waals surface area contributed by atoms with Crippen LogP contribution in [0, 0.1) is 11.3 Å². The van der Waals surface area contributed by atoms with Crippen LogP contribution in [0.3, 0.4) is 0 Å². The van der Waals surface area contributed by atoms with Gasteiger partial charge >= 0.3 is 0 Å². The van der Waals surface area contributed by atoms with Crippen LogP contribution < -0.4 is 4.90 Å². The van der Waals surface area contributed by atoms with Crippen LogP contribution in [0.15, 0.2) is 23.6 Å². The fourth-order valence-electron chi connectivity index (χ4n) is 2.00. The Balaban J connectivity index is 2.21. The molecule has 1 aromatic heterocycles. The van der Waals surface area contributed by atoms with Crippen molar-refractivity contribution >= 4 is 28.6 Å². The lowest BCUT2D eigenvalue weighted by Gasteiger charge is -2.20. The number of anilines is 1. The Morgan fingerprint density at radius 3 is 2.95 bits per heavy atom. The summed E-state index contributed by atoms with van der Waals surface area (Å²) in [6.07, 6.45) is -0.0101. The molecule has 0 aliphatic rings. The van der Waals surface area contributed by atoms with E-state index in [2.05, 4.69) is 11.1 Å². The summed E-state index contributed by atoms with van der Waals surface area (Å²) in [7, 11) is 3.57. The number of halogens is 1. The predicted molar refractivity (Wildman–Crippen MR) is 85.8 cm³/mol. The first-order valence-electron chi connectivity index (χ1n) is 6.43. The third-order valence-corrected chi connectivity index (χ3v) is 4.52. The zero-order valence-electron chi connectivity index (χ0n) is 12.1. The molecule has 0 N–H and O–H groups in total. The number of thiazole rings is 1. The van der Waals surface area contributed by atoms with Crippen molar-refractivity contribution in [2.24, 2.45) is 0 Å². The zero-order valence-corrected chi connectivity index (χ0v) is 13.7. The number of hydrogen-bond acceptors (Lipinski definition) is 5. The Kier molecular flexibility index (Phi) is 5.18. The second-order valence-electron chi connectivity index (χ2n) is 4.66. The van der Waals surface area contributed by atoms with Crippen molar-refractivity contribution in [3.05, 3.63) is 44.9 Å². The van der Waals surface area contributed by atoms with E-state index >= 15 is 0 Å². The topological polar surface area (TPSA) is 49.1 Å². The van der Waals surface area contributed by atoms with E-state index in [0.29, 0.717) is 17.1 Å². The lowest BCUT2D eigenvalue weighted by molar-refractivity contribution is 0.119. The Bertz CT molecular complexity index is 665. The molecule has 0 bridgehead atoms. The molecule has 0 spiro atoms. The van der Waals surface area contributed by atoms with Gasteiger partial charge in [-0.1, -0.05) is 17.7 Å². The van der Waals surface area contributed by atoms with Gasteiger partial charge < -0.3 is 9.64 Å². The Labute approximate surface area is 133 Å². The summed E-state index contributed by atoms with van der Waals surface area (Å²) in [5.41, 5.74) is 2.23. The van der Waals surface area contributed by atoms with E-state index in [9.17, 15) is 5.26 Å². The summed E-state index contributed by atoms with van der Waals surface area (Å²) in [6.45, 7) is 2.56. The van der Waals surface area contributed by atoms with Crippen molar-refractivity contribution in [3.63, 3.8) is 0 Å². The summed E-state index contributed by atoms with van der Waals surface area (Å²) in [5.74, 6) is 0. The van der Waals surface area contributed by atoms with Crippen LogP contribution in [0.1, 0.15) is 29.3 Å². The van der Waals surface area contributed by atoms with Gasteiger partial charge in [0.05, 0.1) is 28.5 Å². The minimum atomic E-state index is -0.0101. The van der Waals surface area contributed by atoms with Gasteiger partial charge in [0.2, 0.25) is 0 Å². The third-order valence-electron chi connectivity index (χ3n) is 3.16. The van der Waals surface area contributed by atoms with Crippen molar-refractivity contribution < 1.29 is 4.74 Å². The molecule has 2 rings (SSSR count). The van der Waals surface area contributed by atoms with Crippen molar-refractivity contribution in [1.29, 1.82) is 5.26 Å². The second kappa shape index (κ2) is 6.90. The monoisotopic (exact) mass is 321 g/mol. The Morgan fingerprint density at radius 1 is 1.52 bits per heavy atom. The number of nitrogens with zero attached hydrogens (tertiary/aromatic N) is 3. The maximum Gasteiger partial charge on any atom is 0.122 e. The number of nitriles is 1. The first-order chi connectivity index (χ1) is 10.1. The van der Waals surface area contributed by atoms with Gasteiger partial charge in [0.15, 0.2) is 0 Å². The molecule has 1 heterocycles. The molecule has 0 aliphatic heterocycles. The average molecular weight is 322 g/mol. The van der Waals surface area contributed by atoms with Gasteiger partial charge in [0.1, 0.15) is 17.2 Å². The molecule has 0 radical (unpaired) electrons. The van der Waals surface area contributed by atoms with Crippen molar-refractivity contribution in [2.45, 2.75) is 19.6 Å². The first-order valence-corrected chi connectivity index (χ1v) is 7.69. The molecule has 21 heavy (non-hydrogen) atoms. The van der Waals surface area contributed by atoms with Crippen LogP contribution in [0.2, 0.25) is 5.02 Å². The summed E-state index contributed by atoms with van der Waals surface area (Å²) in [5, 5.41) is 12.7. The number of hydrogen-bond donors (Lipinski definition) is 0. The van der Waals surface area contributed by atoms with Gasteiger partial charge in [-0.2, -0.15) is 5.26 Å². The van der Waals surface area contributed by atoms with Crippen LogP contribution in [0.25, 0.3) is 0 Å². The molecule has 0 saturated carbocycles. The molecule has 0 aliphatic carbocycles. The Hall–Kier alpha value is -1.61. The van der Waals surface area contributed by atoms with Gasteiger partial charge in [0, 0.05) is 19.5 Å². The van der Waals surface area contributed by atoms with Crippen molar-refractivity contribution in [1.82, 2.24) is 4.98 Å². The van der Waals surface area contributed by atoms with Gasteiger partial charge in [-0.25, -0.2) is 4.98 Å². The van der Waals surface area contributed by atoms with Crippen LogP contribution >= 0.6 is 22.9 Å². The largest absolute Gasteiger partial charge is 0.375 e. The van der Waals surface area contributed by atoms with Crippen LogP contribution in [-0.2, 0) is 11.3 Å². The molecule has 1 atom stereocenters. The van der Waals surface area contributed by atoms with E-state index in [0.717, 1.165) is 16.4 Å². The molecule has 0 fully saturated rings. The van der Waals surface area contributed by atoms with Crippen LogP contribution in [-0.4, -0.2) is 19.1 Å². The molecule has 0 saturated heterocycles. The number of ether oxygens (including phenoxy) is 1. The number of rotatable bonds is 5. The summed E-state index contributed by atoms with van der Waals surface area (Å²) in [6, 6.07) is 7.50. The molecule has 6 heteroatoms. The lowest BCUT2D eigenvalue weighted by Crippen LogP contribution is -2.18. The summed E-state index contributed by atoms with van der Waals surface area (Å²) >= 11 is 7.79. The van der Waals surface area contributed by atoms with E-state index in [1.54, 1.807) is 36.6 Å². The third kappa shape index (κ3) is 3.53. The van der Waals surface area contributed by atoms with Gasteiger partial charge in [-0.05, 0) is 19.1 Å². The predicted octanol–water partition coefficient (Wildman–Crippen LogP) is 4.01. The number of para-hydroxylation sites is 1. The SMILES string of the molecule is COC(C)c1nc(CN(C)c2c(Cl)cccc2C#N)cs1. The number of methoxy groups -OCH3 is 1. The average Bonchev–Trinajstić information content (AvgIpc) is 2.94. The highest BCUT2D eigenvalue weighted by molar-refractivity contribution is 7.09. The zero-order chi connectivity index (χ0) is 15.4. The maximum atomic E-state index is 9.20. The first kappa shape index (κ1) is 15.8. The fourth-order valence-corrected chi connectivity index (χ4v) is 3.16. The van der Waals surface area contributed by atoms with Crippen LogP contribution in [0.5, 0.6) is 0 Å². The molecule has 110 valence electrons. The fraction of sp³-hybridized carbons (Fsp3) is 0.333. The molecule has 1 aromatic carbocycles. The summed E-state index contributed by atoms with van der Waals surface area (Å²) < 4.78 is 5.26.